The Morgan fingerprint density at radius 2 is 1.70 bits per heavy atom. The summed E-state index contributed by atoms with van der Waals surface area (Å²) in [5, 5.41) is 0. The predicted octanol–water partition coefficient (Wildman–Crippen LogP) is 3.15. The highest BCUT2D eigenvalue weighted by atomic mass is 19.1. The van der Waals surface area contributed by atoms with Crippen molar-refractivity contribution < 1.29 is 9.18 Å². The van der Waals surface area contributed by atoms with Crippen LogP contribution in [0.25, 0.3) is 11.0 Å². The second-order valence-electron chi connectivity index (χ2n) is 6.95. The Balaban J connectivity index is 1.65. The number of halogens is 1. The topological polar surface area (TPSA) is 47.2 Å². The first-order chi connectivity index (χ1) is 13.1. The van der Waals surface area contributed by atoms with Gasteiger partial charge in [0.2, 0.25) is 5.91 Å². The number of aryl methyl sites for hydroxylation is 1. The molecule has 3 aromatic rings. The van der Waals surface area contributed by atoms with E-state index in [4.69, 9.17) is 0 Å². The van der Waals surface area contributed by atoms with E-state index >= 15 is 0 Å². The van der Waals surface area contributed by atoms with Gasteiger partial charge in [-0.2, -0.15) is 0 Å². The number of carbonyl (C=O) groups is 1. The third-order valence-electron chi connectivity index (χ3n) is 5.14. The van der Waals surface area contributed by atoms with Gasteiger partial charge in [-0.05, 0) is 38.0 Å². The van der Waals surface area contributed by atoms with Crippen LogP contribution >= 0.6 is 0 Å². The van der Waals surface area contributed by atoms with E-state index in [1.807, 2.05) is 31.2 Å². The molecule has 0 bridgehead atoms. The summed E-state index contributed by atoms with van der Waals surface area (Å²) in [4.78, 5) is 27.5. The molecule has 0 spiro atoms. The van der Waals surface area contributed by atoms with Crippen LogP contribution in [0.5, 0.6) is 0 Å². The van der Waals surface area contributed by atoms with Crippen LogP contribution < -0.4 is 5.69 Å². The molecule has 0 atom stereocenters. The molecule has 0 aliphatic heterocycles. The van der Waals surface area contributed by atoms with Gasteiger partial charge in [-0.15, -0.1) is 0 Å². The summed E-state index contributed by atoms with van der Waals surface area (Å²) < 4.78 is 17.2. The van der Waals surface area contributed by atoms with Gasteiger partial charge in [0.1, 0.15) is 12.4 Å². The van der Waals surface area contributed by atoms with Gasteiger partial charge in [0.15, 0.2) is 0 Å². The number of hydrogen-bond acceptors (Lipinski definition) is 2. The fourth-order valence-electron chi connectivity index (χ4n) is 3.57. The molecule has 6 heteroatoms. The van der Waals surface area contributed by atoms with Crippen molar-refractivity contribution in [3.8, 4) is 0 Å². The Morgan fingerprint density at radius 3 is 2.33 bits per heavy atom. The lowest BCUT2D eigenvalue weighted by atomic mass is 10.2. The summed E-state index contributed by atoms with van der Waals surface area (Å²) in [6, 6.07) is 14.1. The SMILES string of the molecule is CCn1c(=O)n(CC(=O)N(Cc2ccccc2F)C2CC2)c2ccccc21. The molecule has 1 saturated carbocycles. The number of aromatic nitrogens is 2. The van der Waals surface area contributed by atoms with E-state index in [2.05, 4.69) is 0 Å². The van der Waals surface area contributed by atoms with E-state index in [-0.39, 0.29) is 36.5 Å². The van der Waals surface area contributed by atoms with Gasteiger partial charge in [0.25, 0.3) is 0 Å². The molecule has 1 heterocycles. The number of para-hydroxylation sites is 2. The Kier molecular flexibility index (Phi) is 4.56. The van der Waals surface area contributed by atoms with Gasteiger partial charge in [-0.3, -0.25) is 13.9 Å². The third-order valence-corrected chi connectivity index (χ3v) is 5.14. The second kappa shape index (κ2) is 7.02. The van der Waals surface area contributed by atoms with Crippen molar-refractivity contribution >= 4 is 16.9 Å². The highest BCUT2D eigenvalue weighted by Gasteiger charge is 2.33. The van der Waals surface area contributed by atoms with E-state index < -0.39 is 0 Å². The largest absolute Gasteiger partial charge is 0.334 e. The standard InChI is InChI=1S/C21H22FN3O2/c1-2-23-18-9-5-6-10-19(18)25(21(23)27)14-20(26)24(16-11-12-16)13-15-7-3-4-8-17(15)22/h3-10,16H,2,11-14H2,1H3. The molecular formula is C21H22FN3O2. The summed E-state index contributed by atoms with van der Waals surface area (Å²) in [5.41, 5.74) is 1.89. The highest BCUT2D eigenvalue weighted by Crippen LogP contribution is 2.29. The van der Waals surface area contributed by atoms with E-state index in [1.54, 1.807) is 27.7 Å². The predicted molar refractivity (Wildman–Crippen MR) is 102 cm³/mol. The zero-order chi connectivity index (χ0) is 19.0. The van der Waals surface area contributed by atoms with Crippen LogP contribution in [0.1, 0.15) is 25.3 Å². The number of imidazole rings is 1. The van der Waals surface area contributed by atoms with E-state index in [0.717, 1.165) is 23.9 Å². The molecule has 4 rings (SSSR count). The average Bonchev–Trinajstić information content (AvgIpc) is 3.47. The molecule has 0 unspecified atom stereocenters. The first-order valence-electron chi connectivity index (χ1n) is 9.31. The Hall–Kier alpha value is -2.89. The third kappa shape index (κ3) is 3.27. The normalized spacial score (nSPS) is 13.9. The molecule has 1 amide bonds. The van der Waals surface area contributed by atoms with Crippen LogP contribution in [-0.2, 0) is 24.4 Å². The van der Waals surface area contributed by atoms with Gasteiger partial charge in [0, 0.05) is 24.7 Å². The van der Waals surface area contributed by atoms with E-state index in [1.165, 1.54) is 10.6 Å². The maximum atomic E-state index is 14.0. The molecule has 1 aromatic heterocycles. The van der Waals surface area contributed by atoms with Crippen molar-refractivity contribution in [3.63, 3.8) is 0 Å². The average molecular weight is 367 g/mol. The minimum absolute atomic E-state index is 0.0305. The smallest absolute Gasteiger partial charge is 0.329 e. The number of rotatable bonds is 6. The maximum absolute atomic E-state index is 14.0. The highest BCUT2D eigenvalue weighted by molar-refractivity contribution is 5.81. The van der Waals surface area contributed by atoms with Crippen molar-refractivity contribution in [2.45, 2.75) is 45.4 Å². The summed E-state index contributed by atoms with van der Waals surface area (Å²) in [6.45, 7) is 2.66. The van der Waals surface area contributed by atoms with Crippen LogP contribution in [0, 0.1) is 5.82 Å². The Labute approximate surface area is 156 Å². The van der Waals surface area contributed by atoms with Crippen LogP contribution in [0.4, 0.5) is 4.39 Å². The lowest BCUT2D eigenvalue weighted by Gasteiger charge is -2.23. The van der Waals surface area contributed by atoms with E-state index in [9.17, 15) is 14.0 Å². The van der Waals surface area contributed by atoms with Crippen LogP contribution in [-0.4, -0.2) is 26.0 Å². The van der Waals surface area contributed by atoms with Gasteiger partial charge in [-0.25, -0.2) is 9.18 Å². The monoisotopic (exact) mass is 367 g/mol. The first-order valence-corrected chi connectivity index (χ1v) is 9.31. The zero-order valence-corrected chi connectivity index (χ0v) is 15.3. The van der Waals surface area contributed by atoms with Crippen LogP contribution in [0.2, 0.25) is 0 Å². The summed E-state index contributed by atoms with van der Waals surface area (Å²) in [6.07, 6.45) is 1.84. The number of nitrogens with zero attached hydrogens (tertiary/aromatic N) is 3. The van der Waals surface area contributed by atoms with Gasteiger partial charge in [-0.1, -0.05) is 30.3 Å². The van der Waals surface area contributed by atoms with Crippen molar-refractivity contribution in [1.82, 2.24) is 14.0 Å². The lowest BCUT2D eigenvalue weighted by Crippen LogP contribution is -2.38. The van der Waals surface area contributed by atoms with Gasteiger partial charge >= 0.3 is 5.69 Å². The number of amides is 1. The van der Waals surface area contributed by atoms with Gasteiger partial charge < -0.3 is 4.90 Å². The summed E-state index contributed by atoms with van der Waals surface area (Å²) in [7, 11) is 0. The number of hydrogen-bond donors (Lipinski definition) is 0. The van der Waals surface area contributed by atoms with Crippen molar-refractivity contribution in [2.75, 3.05) is 0 Å². The number of carbonyl (C=O) groups excluding carboxylic acids is 1. The fraction of sp³-hybridized carbons (Fsp3) is 0.333. The Morgan fingerprint density at radius 1 is 1.07 bits per heavy atom. The number of benzene rings is 2. The molecule has 1 fully saturated rings. The molecule has 5 nitrogen and oxygen atoms in total. The second-order valence-corrected chi connectivity index (χ2v) is 6.95. The molecule has 0 radical (unpaired) electrons. The first kappa shape index (κ1) is 17.5. The van der Waals surface area contributed by atoms with Crippen LogP contribution in [0.15, 0.2) is 53.3 Å². The molecule has 27 heavy (non-hydrogen) atoms. The zero-order valence-electron chi connectivity index (χ0n) is 15.3. The quantitative estimate of drug-likeness (QED) is 0.672. The number of fused-ring (bicyclic) bond motifs is 1. The molecule has 0 saturated heterocycles. The van der Waals surface area contributed by atoms with Crippen molar-refractivity contribution in [3.05, 3.63) is 70.4 Å². The lowest BCUT2D eigenvalue weighted by molar-refractivity contribution is -0.133. The molecule has 0 N–H and O–H groups in total. The molecule has 1 aliphatic rings. The van der Waals surface area contributed by atoms with Crippen molar-refractivity contribution in [1.29, 1.82) is 0 Å². The Bertz CT molecular complexity index is 1050. The minimum Gasteiger partial charge on any atom is -0.334 e. The molecule has 140 valence electrons. The molecule has 2 aromatic carbocycles. The minimum atomic E-state index is -0.310. The van der Waals surface area contributed by atoms with E-state index in [0.29, 0.717) is 12.1 Å². The van der Waals surface area contributed by atoms with Gasteiger partial charge in [0.05, 0.1) is 11.0 Å². The fourth-order valence-corrected chi connectivity index (χ4v) is 3.57. The van der Waals surface area contributed by atoms with Crippen molar-refractivity contribution in [2.24, 2.45) is 0 Å². The van der Waals surface area contributed by atoms with Crippen LogP contribution in [0.3, 0.4) is 0 Å². The summed E-state index contributed by atoms with van der Waals surface area (Å²) in [5.74, 6) is -0.461. The molecular weight excluding hydrogens is 345 g/mol. The maximum Gasteiger partial charge on any atom is 0.329 e. The summed E-state index contributed by atoms with van der Waals surface area (Å²) >= 11 is 0. The molecule has 1 aliphatic carbocycles.